The standard InChI is InChI=1S/C12H18N4O2/c1-18-12-10(3-2-4-14-12)15-11(17)9-16-7-5-13-6-8-16/h2-4,13H,5-9H2,1H3,(H,15,17). The van der Waals surface area contributed by atoms with Crippen LogP contribution in [0.5, 0.6) is 5.88 Å². The number of anilines is 1. The second kappa shape index (κ2) is 6.32. The molecule has 1 amide bonds. The van der Waals surface area contributed by atoms with Crippen LogP contribution in [0.1, 0.15) is 0 Å². The molecule has 0 bridgehead atoms. The third-order valence-electron chi connectivity index (χ3n) is 2.82. The molecule has 1 aromatic heterocycles. The maximum absolute atomic E-state index is 11.9. The predicted molar refractivity (Wildman–Crippen MR) is 68.7 cm³/mol. The van der Waals surface area contributed by atoms with Crippen molar-refractivity contribution >= 4 is 11.6 Å². The Morgan fingerprint density at radius 1 is 1.56 bits per heavy atom. The largest absolute Gasteiger partial charge is 0.480 e. The lowest BCUT2D eigenvalue weighted by atomic mass is 10.3. The molecule has 0 saturated carbocycles. The SMILES string of the molecule is COc1ncccc1NC(=O)CN1CCNCC1. The highest BCUT2D eigenvalue weighted by atomic mass is 16.5. The molecule has 2 rings (SSSR count). The van der Waals surface area contributed by atoms with Crippen LogP contribution in [0.4, 0.5) is 5.69 Å². The Morgan fingerprint density at radius 3 is 3.06 bits per heavy atom. The number of carbonyl (C=O) groups excluding carboxylic acids is 1. The average Bonchev–Trinajstić information content (AvgIpc) is 2.40. The number of hydrogen-bond acceptors (Lipinski definition) is 5. The fourth-order valence-electron chi connectivity index (χ4n) is 1.91. The summed E-state index contributed by atoms with van der Waals surface area (Å²) in [5.41, 5.74) is 0.611. The molecule has 0 spiro atoms. The van der Waals surface area contributed by atoms with Crippen LogP contribution in [0.25, 0.3) is 0 Å². The lowest BCUT2D eigenvalue weighted by Gasteiger charge is -2.26. The highest BCUT2D eigenvalue weighted by Gasteiger charge is 2.14. The second-order valence-corrected chi connectivity index (χ2v) is 4.13. The Labute approximate surface area is 106 Å². The quantitative estimate of drug-likeness (QED) is 0.783. The van der Waals surface area contributed by atoms with Crippen LogP contribution in [0.3, 0.4) is 0 Å². The third-order valence-corrected chi connectivity index (χ3v) is 2.82. The lowest BCUT2D eigenvalue weighted by Crippen LogP contribution is -2.46. The van der Waals surface area contributed by atoms with Crippen molar-refractivity contribution in [1.29, 1.82) is 0 Å². The van der Waals surface area contributed by atoms with Crippen molar-refractivity contribution in [2.24, 2.45) is 0 Å². The minimum absolute atomic E-state index is 0.0387. The number of methoxy groups -OCH3 is 1. The number of pyridine rings is 1. The van der Waals surface area contributed by atoms with Crippen molar-refractivity contribution < 1.29 is 9.53 Å². The number of rotatable bonds is 4. The molecule has 2 N–H and O–H groups in total. The van der Waals surface area contributed by atoms with E-state index in [4.69, 9.17) is 4.74 Å². The molecule has 1 fully saturated rings. The van der Waals surface area contributed by atoms with Crippen LogP contribution in [-0.4, -0.2) is 55.6 Å². The summed E-state index contributed by atoms with van der Waals surface area (Å²) in [6, 6.07) is 3.55. The van der Waals surface area contributed by atoms with Crippen molar-refractivity contribution in [2.75, 3.05) is 45.2 Å². The number of carbonyl (C=O) groups is 1. The minimum Gasteiger partial charge on any atom is -0.480 e. The Bertz CT molecular complexity index is 405. The predicted octanol–water partition coefficient (Wildman–Crippen LogP) is -0.0661. The van der Waals surface area contributed by atoms with Crippen LogP contribution in [0.15, 0.2) is 18.3 Å². The summed E-state index contributed by atoms with van der Waals surface area (Å²) < 4.78 is 5.09. The van der Waals surface area contributed by atoms with Gasteiger partial charge in [0, 0.05) is 32.4 Å². The monoisotopic (exact) mass is 250 g/mol. The van der Waals surface area contributed by atoms with Crippen molar-refractivity contribution in [3.05, 3.63) is 18.3 Å². The molecule has 18 heavy (non-hydrogen) atoms. The first-order valence-electron chi connectivity index (χ1n) is 6.01. The molecule has 1 aromatic rings. The molecule has 1 saturated heterocycles. The van der Waals surface area contributed by atoms with E-state index in [-0.39, 0.29) is 5.91 Å². The minimum atomic E-state index is -0.0387. The molecule has 2 heterocycles. The van der Waals surface area contributed by atoms with Gasteiger partial charge in [-0.3, -0.25) is 9.69 Å². The number of nitrogens with zero attached hydrogens (tertiary/aromatic N) is 2. The zero-order chi connectivity index (χ0) is 12.8. The molecule has 6 heteroatoms. The molecular formula is C12H18N4O2. The summed E-state index contributed by atoms with van der Waals surface area (Å²) in [6.45, 7) is 4.07. The topological polar surface area (TPSA) is 66.5 Å². The maximum atomic E-state index is 11.9. The van der Waals surface area contributed by atoms with Crippen LogP contribution < -0.4 is 15.4 Å². The van der Waals surface area contributed by atoms with Gasteiger partial charge in [-0.15, -0.1) is 0 Å². The van der Waals surface area contributed by atoms with Gasteiger partial charge < -0.3 is 15.4 Å². The molecule has 0 radical (unpaired) electrons. The Balaban J connectivity index is 1.90. The summed E-state index contributed by atoms with van der Waals surface area (Å²) in [6.07, 6.45) is 1.63. The van der Waals surface area contributed by atoms with Gasteiger partial charge >= 0.3 is 0 Å². The summed E-state index contributed by atoms with van der Waals surface area (Å²) in [7, 11) is 1.54. The molecule has 1 aliphatic heterocycles. The average molecular weight is 250 g/mol. The van der Waals surface area contributed by atoms with E-state index in [0.717, 1.165) is 26.2 Å². The summed E-state index contributed by atoms with van der Waals surface area (Å²) in [5.74, 6) is 0.398. The van der Waals surface area contributed by atoms with Crippen LogP contribution in [-0.2, 0) is 4.79 Å². The fraction of sp³-hybridized carbons (Fsp3) is 0.500. The van der Waals surface area contributed by atoms with Crippen LogP contribution in [0.2, 0.25) is 0 Å². The Kier molecular flexibility index (Phi) is 4.49. The molecule has 0 aliphatic carbocycles. The van der Waals surface area contributed by atoms with E-state index in [1.54, 1.807) is 18.3 Å². The van der Waals surface area contributed by atoms with Crippen LogP contribution in [0, 0.1) is 0 Å². The fourth-order valence-corrected chi connectivity index (χ4v) is 1.91. The number of ether oxygens (including phenoxy) is 1. The van der Waals surface area contributed by atoms with E-state index in [1.807, 2.05) is 0 Å². The Morgan fingerprint density at radius 2 is 2.33 bits per heavy atom. The molecule has 0 atom stereocenters. The number of piperazine rings is 1. The van der Waals surface area contributed by atoms with Gasteiger partial charge in [-0.1, -0.05) is 0 Å². The van der Waals surface area contributed by atoms with Gasteiger partial charge in [0.15, 0.2) is 0 Å². The van der Waals surface area contributed by atoms with Gasteiger partial charge in [-0.05, 0) is 12.1 Å². The van der Waals surface area contributed by atoms with Gasteiger partial charge in [0.25, 0.3) is 0 Å². The first-order valence-corrected chi connectivity index (χ1v) is 6.01. The molecule has 98 valence electrons. The summed E-state index contributed by atoms with van der Waals surface area (Å²) in [5, 5.41) is 6.07. The summed E-state index contributed by atoms with van der Waals surface area (Å²) >= 11 is 0. The van der Waals surface area contributed by atoms with Gasteiger partial charge in [0.05, 0.1) is 13.7 Å². The number of aromatic nitrogens is 1. The van der Waals surface area contributed by atoms with Crippen LogP contribution >= 0.6 is 0 Å². The van der Waals surface area contributed by atoms with E-state index in [9.17, 15) is 4.79 Å². The van der Waals surface area contributed by atoms with Crippen molar-refractivity contribution in [3.8, 4) is 5.88 Å². The van der Waals surface area contributed by atoms with E-state index in [2.05, 4.69) is 20.5 Å². The van der Waals surface area contributed by atoms with Crippen molar-refractivity contribution in [3.63, 3.8) is 0 Å². The zero-order valence-electron chi connectivity index (χ0n) is 10.5. The molecule has 0 unspecified atom stereocenters. The molecule has 0 aromatic carbocycles. The second-order valence-electron chi connectivity index (χ2n) is 4.13. The van der Waals surface area contributed by atoms with E-state index in [1.165, 1.54) is 7.11 Å². The van der Waals surface area contributed by atoms with E-state index in [0.29, 0.717) is 18.1 Å². The van der Waals surface area contributed by atoms with Crippen molar-refractivity contribution in [1.82, 2.24) is 15.2 Å². The first kappa shape index (κ1) is 12.8. The molecular weight excluding hydrogens is 232 g/mol. The Hall–Kier alpha value is -1.66. The smallest absolute Gasteiger partial charge is 0.238 e. The van der Waals surface area contributed by atoms with Gasteiger partial charge in [-0.2, -0.15) is 0 Å². The number of nitrogens with one attached hydrogen (secondary N) is 2. The maximum Gasteiger partial charge on any atom is 0.238 e. The lowest BCUT2D eigenvalue weighted by molar-refractivity contribution is -0.117. The summed E-state index contributed by atoms with van der Waals surface area (Å²) in [4.78, 5) is 18.0. The number of amides is 1. The van der Waals surface area contributed by atoms with E-state index < -0.39 is 0 Å². The van der Waals surface area contributed by atoms with E-state index >= 15 is 0 Å². The van der Waals surface area contributed by atoms with Gasteiger partial charge in [-0.25, -0.2) is 4.98 Å². The normalized spacial score (nSPS) is 16.3. The van der Waals surface area contributed by atoms with Gasteiger partial charge in [0.1, 0.15) is 5.69 Å². The molecule has 6 nitrogen and oxygen atoms in total. The van der Waals surface area contributed by atoms with Gasteiger partial charge in [0.2, 0.25) is 11.8 Å². The first-order chi connectivity index (χ1) is 8.79. The zero-order valence-corrected chi connectivity index (χ0v) is 10.5. The highest BCUT2D eigenvalue weighted by molar-refractivity contribution is 5.93. The third kappa shape index (κ3) is 3.41. The molecule has 1 aliphatic rings. The highest BCUT2D eigenvalue weighted by Crippen LogP contribution is 2.19. The number of hydrogen-bond donors (Lipinski definition) is 2. The van der Waals surface area contributed by atoms with Crippen molar-refractivity contribution in [2.45, 2.75) is 0 Å².